The van der Waals surface area contributed by atoms with Crippen LogP contribution < -0.4 is 15.8 Å². The Morgan fingerprint density at radius 1 is 1.18 bits per heavy atom. The fraction of sp³-hybridized carbons (Fsp3) is 0.417. The molecule has 4 heterocycles. The molecule has 3 aromatic heterocycles. The van der Waals surface area contributed by atoms with Gasteiger partial charge in [-0.15, -0.1) is 0 Å². The Morgan fingerprint density at radius 2 is 1.94 bits per heavy atom. The second-order valence-electron chi connectivity index (χ2n) is 9.12. The maximum absolute atomic E-state index is 12.4. The summed E-state index contributed by atoms with van der Waals surface area (Å²) in [5.74, 6) is 1.18. The molecule has 0 amide bonds. The molecular weight excluding hydrogens is 422 g/mol. The van der Waals surface area contributed by atoms with Gasteiger partial charge in [-0.1, -0.05) is 6.92 Å². The Balaban J connectivity index is 1.76. The molecule has 0 fully saturated rings. The number of nitrogens with two attached hydrogens (primary N) is 1. The molecule has 1 aliphatic rings. The predicted molar refractivity (Wildman–Crippen MR) is 125 cm³/mol. The van der Waals surface area contributed by atoms with Crippen LogP contribution in [-0.4, -0.2) is 47.3 Å². The monoisotopic (exact) mass is 451 g/mol. The van der Waals surface area contributed by atoms with Crippen LogP contribution in [-0.2, 0) is 15.0 Å². The summed E-state index contributed by atoms with van der Waals surface area (Å²) in [7, 11) is 3.17. The summed E-state index contributed by atoms with van der Waals surface area (Å²) in [6, 6.07) is 5.36. The van der Waals surface area contributed by atoms with Crippen LogP contribution in [0.1, 0.15) is 55.2 Å². The van der Waals surface area contributed by atoms with Gasteiger partial charge in [0.15, 0.2) is 0 Å². The van der Waals surface area contributed by atoms with Gasteiger partial charge in [0, 0.05) is 31.0 Å². The number of nitrogens with one attached hydrogen (secondary N) is 1. The normalized spacial score (nSPS) is 18.9. The van der Waals surface area contributed by atoms with Gasteiger partial charge in [0.1, 0.15) is 17.2 Å². The molecule has 0 bridgehead atoms. The van der Waals surface area contributed by atoms with E-state index < -0.39 is 11.1 Å². The van der Waals surface area contributed by atoms with Crippen molar-refractivity contribution in [2.75, 3.05) is 26.1 Å². The molecule has 1 aliphatic heterocycles. The topological polar surface area (TPSA) is 121 Å². The highest BCUT2D eigenvalue weighted by Gasteiger charge is 2.40. The van der Waals surface area contributed by atoms with Crippen molar-refractivity contribution >= 4 is 28.4 Å². The Labute approximate surface area is 192 Å². The molecule has 0 spiro atoms. The van der Waals surface area contributed by atoms with Gasteiger partial charge in [0.2, 0.25) is 5.88 Å². The van der Waals surface area contributed by atoms with Gasteiger partial charge in [-0.25, -0.2) is 19.7 Å². The first-order valence-electron chi connectivity index (χ1n) is 10.7. The molecule has 9 nitrogen and oxygen atoms in total. The molecule has 1 unspecified atom stereocenters. The summed E-state index contributed by atoms with van der Waals surface area (Å²) >= 11 is 0. The van der Waals surface area contributed by atoms with Crippen molar-refractivity contribution in [2.45, 2.75) is 44.8 Å². The van der Waals surface area contributed by atoms with E-state index in [-0.39, 0.29) is 11.9 Å². The number of carbonyl (C=O) groups excluding carboxylic acids is 1. The number of ether oxygens (including phenoxy) is 3. The molecular formula is C24H29N5O4. The van der Waals surface area contributed by atoms with E-state index in [4.69, 9.17) is 24.9 Å². The molecule has 2 atom stereocenters. The highest BCUT2D eigenvalue weighted by molar-refractivity contribution is 5.93. The molecule has 174 valence electrons. The first-order chi connectivity index (χ1) is 15.6. The summed E-state index contributed by atoms with van der Waals surface area (Å²) < 4.78 is 16.3. The van der Waals surface area contributed by atoms with Crippen LogP contribution in [0.3, 0.4) is 0 Å². The SMILES string of the molecule is COCC(C)(N)c1cnc(OC)c2cnc(Nc3ccc4c(n3)[C@@H](C)C(C)(C)OC4=O)cc12. The van der Waals surface area contributed by atoms with Crippen molar-refractivity contribution in [3.63, 3.8) is 0 Å². The van der Waals surface area contributed by atoms with E-state index >= 15 is 0 Å². The largest absolute Gasteiger partial charge is 0.481 e. The molecule has 0 saturated carbocycles. The third-order valence-electron chi connectivity index (χ3n) is 6.20. The predicted octanol–water partition coefficient (Wildman–Crippen LogP) is 3.65. The summed E-state index contributed by atoms with van der Waals surface area (Å²) in [5.41, 5.74) is 7.12. The highest BCUT2D eigenvalue weighted by atomic mass is 16.6. The van der Waals surface area contributed by atoms with E-state index in [0.29, 0.717) is 35.4 Å². The van der Waals surface area contributed by atoms with Gasteiger partial charge in [-0.05, 0) is 44.4 Å². The van der Waals surface area contributed by atoms with Gasteiger partial charge in [-0.2, -0.15) is 0 Å². The molecule has 0 saturated heterocycles. The lowest BCUT2D eigenvalue weighted by Gasteiger charge is -2.36. The highest BCUT2D eigenvalue weighted by Crippen LogP contribution is 2.38. The van der Waals surface area contributed by atoms with Crippen LogP contribution in [0.5, 0.6) is 5.88 Å². The average molecular weight is 452 g/mol. The van der Waals surface area contributed by atoms with E-state index in [0.717, 1.165) is 16.3 Å². The second-order valence-corrected chi connectivity index (χ2v) is 9.12. The standard InChI is InChI=1S/C24H29N5O4/c1-13-20-14(22(30)33-23(13,2)3)7-8-18(29-20)28-19-9-15-16(10-26-19)21(32-6)27-11-17(15)24(4,25)12-31-5/h7-11,13H,12,25H2,1-6H3,(H,26,28,29)/t13-,24?/m1/s1. The second kappa shape index (κ2) is 8.24. The number of hydrogen-bond acceptors (Lipinski definition) is 9. The third-order valence-corrected chi connectivity index (χ3v) is 6.20. The van der Waals surface area contributed by atoms with E-state index in [1.54, 1.807) is 38.7 Å². The lowest BCUT2D eigenvalue weighted by atomic mass is 9.84. The van der Waals surface area contributed by atoms with Crippen LogP contribution in [0.4, 0.5) is 11.6 Å². The Kier molecular flexibility index (Phi) is 5.71. The Hall–Kier alpha value is -3.30. The number of carbonyl (C=O) groups is 1. The zero-order valence-corrected chi connectivity index (χ0v) is 19.7. The summed E-state index contributed by atoms with van der Waals surface area (Å²) in [6.07, 6.45) is 3.40. The maximum Gasteiger partial charge on any atom is 0.340 e. The number of hydrogen-bond donors (Lipinski definition) is 2. The van der Waals surface area contributed by atoms with Gasteiger partial charge < -0.3 is 25.3 Å². The molecule has 3 aromatic rings. The number of methoxy groups -OCH3 is 2. The lowest BCUT2D eigenvalue weighted by molar-refractivity contribution is -0.0189. The number of pyridine rings is 3. The van der Waals surface area contributed by atoms with Crippen LogP contribution in [0.25, 0.3) is 10.8 Å². The summed E-state index contributed by atoms with van der Waals surface area (Å²) in [6.45, 7) is 7.98. The number of rotatable bonds is 6. The number of esters is 1. The molecule has 0 aromatic carbocycles. The molecule has 33 heavy (non-hydrogen) atoms. The van der Waals surface area contributed by atoms with E-state index in [1.165, 1.54) is 0 Å². The Morgan fingerprint density at radius 3 is 2.64 bits per heavy atom. The molecule has 9 heteroatoms. The van der Waals surface area contributed by atoms with E-state index in [1.807, 2.05) is 33.8 Å². The van der Waals surface area contributed by atoms with Crippen LogP contribution >= 0.6 is 0 Å². The molecule has 0 aliphatic carbocycles. The van der Waals surface area contributed by atoms with Crippen molar-refractivity contribution in [1.82, 2.24) is 15.0 Å². The summed E-state index contributed by atoms with van der Waals surface area (Å²) in [4.78, 5) is 26.0. The Bertz CT molecular complexity index is 1220. The number of aromatic nitrogens is 3. The molecule has 0 radical (unpaired) electrons. The first kappa shape index (κ1) is 22.9. The van der Waals surface area contributed by atoms with Crippen molar-refractivity contribution < 1.29 is 19.0 Å². The maximum atomic E-state index is 12.4. The third kappa shape index (κ3) is 4.09. The van der Waals surface area contributed by atoms with Crippen LogP contribution in [0.15, 0.2) is 30.6 Å². The van der Waals surface area contributed by atoms with E-state index in [2.05, 4.69) is 15.3 Å². The van der Waals surface area contributed by atoms with Gasteiger partial charge >= 0.3 is 5.97 Å². The number of cyclic esters (lactones) is 1. The fourth-order valence-electron chi connectivity index (χ4n) is 4.06. The summed E-state index contributed by atoms with van der Waals surface area (Å²) in [5, 5.41) is 4.83. The smallest absolute Gasteiger partial charge is 0.340 e. The number of anilines is 2. The fourth-order valence-corrected chi connectivity index (χ4v) is 4.06. The van der Waals surface area contributed by atoms with Gasteiger partial charge in [0.25, 0.3) is 0 Å². The van der Waals surface area contributed by atoms with Crippen molar-refractivity contribution in [1.29, 1.82) is 0 Å². The zero-order chi connectivity index (χ0) is 24.0. The van der Waals surface area contributed by atoms with Crippen LogP contribution in [0.2, 0.25) is 0 Å². The minimum Gasteiger partial charge on any atom is -0.481 e. The zero-order valence-electron chi connectivity index (χ0n) is 19.7. The van der Waals surface area contributed by atoms with Crippen LogP contribution in [0, 0.1) is 0 Å². The van der Waals surface area contributed by atoms with Gasteiger partial charge in [0.05, 0.1) is 35.9 Å². The van der Waals surface area contributed by atoms with Gasteiger partial charge in [-0.3, -0.25) is 0 Å². The minimum atomic E-state index is -0.768. The van der Waals surface area contributed by atoms with Crippen molar-refractivity contribution in [3.05, 3.63) is 47.4 Å². The van der Waals surface area contributed by atoms with E-state index in [9.17, 15) is 4.79 Å². The number of nitrogens with zero attached hydrogens (tertiary/aromatic N) is 3. The molecule has 3 N–H and O–H groups in total. The minimum absolute atomic E-state index is 0.0644. The van der Waals surface area contributed by atoms with Crippen molar-refractivity contribution in [3.8, 4) is 5.88 Å². The molecule has 4 rings (SSSR count). The first-order valence-corrected chi connectivity index (χ1v) is 10.7. The quantitative estimate of drug-likeness (QED) is 0.541. The number of fused-ring (bicyclic) bond motifs is 2. The van der Waals surface area contributed by atoms with Crippen molar-refractivity contribution in [2.24, 2.45) is 5.73 Å². The average Bonchev–Trinajstić information content (AvgIpc) is 2.76. The lowest BCUT2D eigenvalue weighted by Crippen LogP contribution is -2.39.